The van der Waals surface area contributed by atoms with Crippen LogP contribution in [-0.4, -0.2) is 61.1 Å². The summed E-state index contributed by atoms with van der Waals surface area (Å²) in [7, 11) is 4.64. The molecular weight excluding hydrogens is 408 g/mol. The molecule has 0 aliphatic heterocycles. The van der Waals surface area contributed by atoms with E-state index in [0.717, 1.165) is 0 Å². The number of ether oxygens (including phenoxy) is 2. The van der Waals surface area contributed by atoms with Gasteiger partial charge in [-0.05, 0) is 31.0 Å². The fourth-order valence-electron chi connectivity index (χ4n) is 2.90. The predicted octanol–water partition coefficient (Wildman–Crippen LogP) is 1.62. The lowest BCUT2D eigenvalue weighted by atomic mass is 10.2. The van der Waals surface area contributed by atoms with Gasteiger partial charge in [-0.2, -0.15) is 0 Å². The fraction of sp³-hybridized carbons (Fsp3) is 0.292. The molecular formula is C24H24N4O4. The highest BCUT2D eigenvalue weighted by molar-refractivity contribution is 5.99. The number of carbonyl (C=O) groups excluding carboxylic acids is 2. The first-order valence-corrected chi connectivity index (χ1v) is 9.64. The number of hydrogen-bond acceptors (Lipinski definition) is 5. The quantitative estimate of drug-likeness (QED) is 0.468. The number of nitrogens with zero attached hydrogens (tertiary/aromatic N) is 4. The van der Waals surface area contributed by atoms with Crippen molar-refractivity contribution < 1.29 is 19.1 Å². The molecule has 0 aliphatic carbocycles. The van der Waals surface area contributed by atoms with Crippen molar-refractivity contribution in [3.05, 3.63) is 35.3 Å². The van der Waals surface area contributed by atoms with Gasteiger partial charge in [0.15, 0.2) is 28.8 Å². The maximum absolute atomic E-state index is 13.1. The van der Waals surface area contributed by atoms with E-state index in [4.69, 9.17) is 22.3 Å². The van der Waals surface area contributed by atoms with E-state index in [1.165, 1.54) is 21.5 Å². The van der Waals surface area contributed by atoms with E-state index in [2.05, 4.69) is 28.7 Å². The third-order valence-electron chi connectivity index (χ3n) is 4.52. The second-order valence-corrected chi connectivity index (χ2v) is 6.47. The van der Waals surface area contributed by atoms with Crippen molar-refractivity contribution in [1.82, 2.24) is 14.5 Å². The Hall–Kier alpha value is -4.35. The molecule has 164 valence electrons. The summed E-state index contributed by atoms with van der Waals surface area (Å²) >= 11 is 0. The fourth-order valence-corrected chi connectivity index (χ4v) is 2.90. The van der Waals surface area contributed by atoms with Gasteiger partial charge < -0.3 is 14.4 Å². The van der Waals surface area contributed by atoms with E-state index >= 15 is 0 Å². The molecule has 2 rings (SSSR count). The summed E-state index contributed by atoms with van der Waals surface area (Å²) < 4.78 is 12.0. The van der Waals surface area contributed by atoms with E-state index in [-0.39, 0.29) is 30.4 Å². The molecule has 0 bridgehead atoms. The Morgan fingerprint density at radius 2 is 1.91 bits per heavy atom. The van der Waals surface area contributed by atoms with Crippen LogP contribution in [-0.2, 0) is 11.3 Å². The van der Waals surface area contributed by atoms with E-state index in [9.17, 15) is 9.59 Å². The van der Waals surface area contributed by atoms with Crippen LogP contribution in [0, 0.1) is 36.5 Å². The maximum atomic E-state index is 13.1. The Kier molecular flexibility index (Phi) is 8.34. The first-order valence-electron chi connectivity index (χ1n) is 9.64. The van der Waals surface area contributed by atoms with Crippen LogP contribution in [0.3, 0.4) is 0 Å². The molecule has 0 unspecified atom stereocenters. The topological polar surface area (TPSA) is 76.9 Å². The van der Waals surface area contributed by atoms with Crippen LogP contribution in [0.15, 0.2) is 18.2 Å². The van der Waals surface area contributed by atoms with Crippen molar-refractivity contribution >= 4 is 18.1 Å². The van der Waals surface area contributed by atoms with Gasteiger partial charge in [0.1, 0.15) is 0 Å². The minimum atomic E-state index is -0.417. The summed E-state index contributed by atoms with van der Waals surface area (Å²) in [6.07, 6.45) is 11.5. The van der Waals surface area contributed by atoms with Gasteiger partial charge in [0.25, 0.3) is 5.91 Å². The molecule has 32 heavy (non-hydrogen) atoms. The van der Waals surface area contributed by atoms with Crippen LogP contribution >= 0.6 is 0 Å². The number of imidazole rings is 1. The Morgan fingerprint density at radius 1 is 1.19 bits per heavy atom. The number of aromatic nitrogens is 2. The molecule has 1 aromatic carbocycles. The molecule has 0 N–H and O–H groups in total. The summed E-state index contributed by atoms with van der Waals surface area (Å²) in [5.74, 6) is 12.0. The van der Waals surface area contributed by atoms with Crippen molar-refractivity contribution in [1.29, 1.82) is 0 Å². The molecule has 0 spiro atoms. The summed E-state index contributed by atoms with van der Waals surface area (Å²) in [5, 5.41) is 0. The van der Waals surface area contributed by atoms with Crippen molar-refractivity contribution in [3.63, 3.8) is 0 Å². The molecule has 0 fully saturated rings. The van der Waals surface area contributed by atoms with Crippen molar-refractivity contribution in [2.75, 3.05) is 39.3 Å². The van der Waals surface area contributed by atoms with Gasteiger partial charge in [0.05, 0.1) is 27.3 Å². The normalized spacial score (nSPS) is 9.56. The third-order valence-corrected chi connectivity index (χ3v) is 4.52. The predicted molar refractivity (Wildman–Crippen MR) is 121 cm³/mol. The van der Waals surface area contributed by atoms with Gasteiger partial charge >= 0.3 is 0 Å². The number of carbonyl (C=O) groups is 2. The van der Waals surface area contributed by atoms with Crippen LogP contribution in [0.2, 0.25) is 0 Å². The molecule has 0 atom stereocenters. The number of anilines is 1. The molecule has 1 heterocycles. The molecule has 0 saturated heterocycles. The first kappa shape index (κ1) is 23.9. The van der Waals surface area contributed by atoms with Gasteiger partial charge in [-0.3, -0.25) is 19.1 Å². The Balaban J connectivity index is 2.67. The smallest absolute Gasteiger partial charge is 0.274 e. The lowest BCUT2D eigenvalue weighted by Gasteiger charge is -2.19. The molecule has 8 nitrogen and oxygen atoms in total. The van der Waals surface area contributed by atoms with E-state index in [1.807, 2.05) is 0 Å². The van der Waals surface area contributed by atoms with Crippen LogP contribution in [0.5, 0.6) is 11.5 Å². The van der Waals surface area contributed by atoms with E-state index in [0.29, 0.717) is 30.0 Å². The van der Waals surface area contributed by atoms with Gasteiger partial charge in [-0.1, -0.05) is 17.8 Å². The lowest BCUT2D eigenvalue weighted by Crippen LogP contribution is -2.32. The number of hydrogen-bond donors (Lipinski definition) is 0. The molecule has 0 aliphatic rings. The van der Waals surface area contributed by atoms with Gasteiger partial charge in [0.2, 0.25) is 6.41 Å². The SMILES string of the molecule is C#CCN(C)C(=O)c1c(N(C=O)CC)nc(C#Cc2ccc(OC)c(OC)c2)n1CC#C. The largest absolute Gasteiger partial charge is 0.493 e. The van der Waals surface area contributed by atoms with Gasteiger partial charge in [-0.15, -0.1) is 12.8 Å². The third kappa shape index (κ3) is 5.03. The minimum absolute atomic E-state index is 0.0321. The molecule has 1 aromatic heterocycles. The number of rotatable bonds is 8. The monoisotopic (exact) mass is 432 g/mol. The van der Waals surface area contributed by atoms with Crippen molar-refractivity contribution in [2.24, 2.45) is 0 Å². The lowest BCUT2D eigenvalue weighted by molar-refractivity contribution is -0.107. The summed E-state index contributed by atoms with van der Waals surface area (Å²) in [6.45, 7) is 2.19. The first-order chi connectivity index (χ1) is 15.4. The molecule has 0 saturated carbocycles. The van der Waals surface area contributed by atoms with Gasteiger partial charge in [-0.25, -0.2) is 4.98 Å². The zero-order valence-electron chi connectivity index (χ0n) is 18.5. The minimum Gasteiger partial charge on any atom is -0.493 e. The van der Waals surface area contributed by atoms with Crippen LogP contribution in [0.1, 0.15) is 28.8 Å². The second kappa shape index (κ2) is 11.2. The molecule has 0 radical (unpaired) electrons. The van der Waals surface area contributed by atoms with Crippen molar-refractivity contribution in [3.8, 4) is 48.0 Å². The summed E-state index contributed by atoms with van der Waals surface area (Å²) in [4.78, 5) is 31.8. The summed E-state index contributed by atoms with van der Waals surface area (Å²) in [5.41, 5.74) is 0.783. The van der Waals surface area contributed by atoms with Gasteiger partial charge in [0, 0.05) is 19.2 Å². The van der Waals surface area contributed by atoms with Crippen LogP contribution < -0.4 is 14.4 Å². The molecule has 8 heteroatoms. The molecule has 2 aromatic rings. The highest BCUT2D eigenvalue weighted by Gasteiger charge is 2.27. The highest BCUT2D eigenvalue weighted by atomic mass is 16.5. The number of methoxy groups -OCH3 is 2. The maximum Gasteiger partial charge on any atom is 0.274 e. The highest BCUT2D eigenvalue weighted by Crippen LogP contribution is 2.27. The Labute approximate surface area is 188 Å². The zero-order chi connectivity index (χ0) is 23.7. The Bertz CT molecular complexity index is 1140. The average molecular weight is 432 g/mol. The number of amides is 2. The van der Waals surface area contributed by atoms with Crippen molar-refractivity contribution in [2.45, 2.75) is 13.5 Å². The average Bonchev–Trinajstić information content (AvgIpc) is 3.16. The standard InChI is InChI=1S/C24H24N4O4/c1-7-14-26(4)24(30)22-23(27(9-3)17-29)25-21(28(22)15-8-2)13-11-18-10-12-19(31-5)20(16-18)32-6/h1-2,10,12,16-17H,9,14-15H2,3-6H3. The van der Waals surface area contributed by atoms with E-state index < -0.39 is 5.91 Å². The van der Waals surface area contributed by atoms with Crippen LogP contribution in [0.25, 0.3) is 0 Å². The second-order valence-electron chi connectivity index (χ2n) is 6.47. The van der Waals surface area contributed by atoms with Crippen LogP contribution in [0.4, 0.5) is 5.82 Å². The van der Waals surface area contributed by atoms with E-state index in [1.54, 1.807) is 39.3 Å². The molecule has 2 amide bonds. The summed E-state index contributed by atoms with van der Waals surface area (Å²) in [6, 6.07) is 5.22. The zero-order valence-corrected chi connectivity index (χ0v) is 18.5. The number of terminal acetylenes is 2. The Morgan fingerprint density at radius 3 is 2.47 bits per heavy atom. The number of benzene rings is 1.